The summed E-state index contributed by atoms with van der Waals surface area (Å²) in [6.07, 6.45) is 4.51. The van der Waals surface area contributed by atoms with Crippen molar-refractivity contribution in [3.8, 4) is 0 Å². The molecule has 0 amide bonds. The summed E-state index contributed by atoms with van der Waals surface area (Å²) in [7, 11) is 0. The van der Waals surface area contributed by atoms with Gasteiger partial charge in [-0.05, 0) is 69.3 Å². The van der Waals surface area contributed by atoms with Gasteiger partial charge in [-0.3, -0.25) is 4.79 Å². The van der Waals surface area contributed by atoms with Crippen molar-refractivity contribution in [2.75, 3.05) is 13.1 Å². The lowest BCUT2D eigenvalue weighted by Crippen LogP contribution is -2.38. The molecule has 21 heavy (non-hydrogen) atoms. The standard InChI is InChI=1S/C17H22FNO2/c1-12-14(5-4-6-15(12)18)17(16(20)21)8-7-13(11-17)19-9-2-3-10-19/h4-6,13H,2-3,7-11H2,1H3,(H,20,21)/t13?,17-/m0/s1. The maximum absolute atomic E-state index is 13.9. The molecule has 0 aromatic heterocycles. The summed E-state index contributed by atoms with van der Waals surface area (Å²) in [5.41, 5.74) is 0.234. The minimum atomic E-state index is -0.917. The summed E-state index contributed by atoms with van der Waals surface area (Å²) in [6, 6.07) is 5.15. The number of carboxylic acids is 1. The van der Waals surface area contributed by atoms with Crippen LogP contribution in [0.5, 0.6) is 0 Å². The van der Waals surface area contributed by atoms with Crippen LogP contribution in [0.4, 0.5) is 4.39 Å². The van der Waals surface area contributed by atoms with Crippen molar-refractivity contribution in [3.05, 3.63) is 35.1 Å². The Balaban J connectivity index is 1.94. The summed E-state index contributed by atoms with van der Waals surface area (Å²) in [6.45, 7) is 3.84. The van der Waals surface area contributed by atoms with Crippen LogP contribution in [0, 0.1) is 12.7 Å². The topological polar surface area (TPSA) is 40.5 Å². The Morgan fingerprint density at radius 1 is 1.38 bits per heavy atom. The second kappa shape index (κ2) is 5.41. The summed E-state index contributed by atoms with van der Waals surface area (Å²) in [5.74, 6) is -1.12. The van der Waals surface area contributed by atoms with Crippen LogP contribution < -0.4 is 0 Å². The van der Waals surface area contributed by atoms with E-state index in [2.05, 4.69) is 4.90 Å². The molecule has 0 radical (unpaired) electrons. The number of aliphatic carboxylic acids is 1. The normalized spacial score (nSPS) is 29.9. The number of nitrogens with zero attached hydrogens (tertiary/aromatic N) is 1. The number of carbonyl (C=O) groups is 1. The molecule has 1 aliphatic carbocycles. The van der Waals surface area contributed by atoms with Crippen LogP contribution in [0.1, 0.15) is 43.2 Å². The molecule has 1 unspecified atom stereocenters. The van der Waals surface area contributed by atoms with Crippen molar-refractivity contribution < 1.29 is 14.3 Å². The van der Waals surface area contributed by atoms with Crippen LogP contribution in [0.2, 0.25) is 0 Å². The highest BCUT2D eigenvalue weighted by Gasteiger charge is 2.49. The molecule has 0 spiro atoms. The Labute approximate surface area is 124 Å². The first-order valence-corrected chi connectivity index (χ1v) is 7.77. The van der Waals surface area contributed by atoms with Crippen LogP contribution >= 0.6 is 0 Å². The first kappa shape index (κ1) is 14.5. The van der Waals surface area contributed by atoms with Crippen molar-refractivity contribution in [1.29, 1.82) is 0 Å². The van der Waals surface area contributed by atoms with E-state index in [1.807, 2.05) is 0 Å². The highest BCUT2D eigenvalue weighted by atomic mass is 19.1. The van der Waals surface area contributed by atoms with Gasteiger partial charge in [0, 0.05) is 6.04 Å². The number of halogens is 1. The lowest BCUT2D eigenvalue weighted by atomic mass is 9.76. The van der Waals surface area contributed by atoms with Gasteiger partial charge in [0.15, 0.2) is 0 Å². The second-order valence-electron chi connectivity index (χ2n) is 6.44. The summed E-state index contributed by atoms with van der Waals surface area (Å²) in [4.78, 5) is 14.4. The number of likely N-dealkylation sites (tertiary alicyclic amines) is 1. The molecule has 1 N–H and O–H groups in total. The van der Waals surface area contributed by atoms with E-state index in [0.29, 0.717) is 30.0 Å². The Kier molecular flexibility index (Phi) is 3.74. The average molecular weight is 291 g/mol. The van der Waals surface area contributed by atoms with Crippen molar-refractivity contribution in [2.45, 2.75) is 50.5 Å². The van der Waals surface area contributed by atoms with Gasteiger partial charge in [0.1, 0.15) is 5.82 Å². The lowest BCUT2D eigenvalue weighted by molar-refractivity contribution is -0.143. The van der Waals surface area contributed by atoms with Gasteiger partial charge in [0.05, 0.1) is 5.41 Å². The molecular formula is C17H22FNO2. The SMILES string of the molecule is Cc1c(F)cccc1[C@]1(C(=O)O)CCC(N2CCCC2)C1. The molecule has 1 saturated carbocycles. The maximum atomic E-state index is 13.9. The fraction of sp³-hybridized carbons (Fsp3) is 0.588. The zero-order valence-electron chi connectivity index (χ0n) is 12.4. The minimum Gasteiger partial charge on any atom is -0.481 e. The van der Waals surface area contributed by atoms with Gasteiger partial charge >= 0.3 is 5.97 Å². The van der Waals surface area contributed by atoms with E-state index in [9.17, 15) is 14.3 Å². The van der Waals surface area contributed by atoms with Gasteiger partial charge in [0.25, 0.3) is 0 Å². The maximum Gasteiger partial charge on any atom is 0.314 e. The Morgan fingerprint density at radius 3 is 2.76 bits per heavy atom. The van der Waals surface area contributed by atoms with Crippen molar-refractivity contribution in [3.63, 3.8) is 0 Å². The summed E-state index contributed by atoms with van der Waals surface area (Å²) in [5, 5.41) is 9.85. The van der Waals surface area contributed by atoms with E-state index in [0.717, 1.165) is 19.5 Å². The Hall–Kier alpha value is -1.42. The fourth-order valence-electron chi connectivity index (χ4n) is 4.12. The van der Waals surface area contributed by atoms with E-state index < -0.39 is 11.4 Å². The Morgan fingerprint density at radius 2 is 2.10 bits per heavy atom. The fourth-order valence-corrected chi connectivity index (χ4v) is 4.12. The first-order valence-electron chi connectivity index (χ1n) is 7.77. The molecule has 1 saturated heterocycles. The van der Waals surface area contributed by atoms with Crippen molar-refractivity contribution in [2.24, 2.45) is 0 Å². The number of benzene rings is 1. The van der Waals surface area contributed by atoms with E-state index in [1.165, 1.54) is 18.9 Å². The molecule has 1 aliphatic heterocycles. The molecule has 114 valence electrons. The molecule has 4 heteroatoms. The van der Waals surface area contributed by atoms with Gasteiger partial charge in [-0.2, -0.15) is 0 Å². The molecule has 2 aliphatic rings. The molecule has 2 fully saturated rings. The molecule has 1 aromatic carbocycles. The molecule has 0 bridgehead atoms. The molecule has 1 aromatic rings. The van der Waals surface area contributed by atoms with Gasteiger partial charge in [-0.1, -0.05) is 12.1 Å². The molecule has 3 nitrogen and oxygen atoms in total. The molecule has 1 heterocycles. The zero-order chi connectivity index (χ0) is 15.0. The monoisotopic (exact) mass is 291 g/mol. The smallest absolute Gasteiger partial charge is 0.314 e. The highest BCUT2D eigenvalue weighted by Crippen LogP contribution is 2.45. The van der Waals surface area contributed by atoms with Crippen LogP contribution in [0.25, 0.3) is 0 Å². The third-order valence-corrected chi connectivity index (χ3v) is 5.34. The van der Waals surface area contributed by atoms with Gasteiger partial charge < -0.3 is 10.0 Å². The number of hydrogen-bond donors (Lipinski definition) is 1. The molecular weight excluding hydrogens is 269 g/mol. The van der Waals surface area contributed by atoms with Gasteiger partial charge in [-0.25, -0.2) is 4.39 Å². The van der Waals surface area contributed by atoms with Gasteiger partial charge in [-0.15, -0.1) is 0 Å². The van der Waals surface area contributed by atoms with Crippen LogP contribution in [0.15, 0.2) is 18.2 Å². The van der Waals surface area contributed by atoms with Crippen molar-refractivity contribution in [1.82, 2.24) is 4.90 Å². The van der Waals surface area contributed by atoms with Crippen molar-refractivity contribution >= 4 is 5.97 Å². The zero-order valence-corrected chi connectivity index (χ0v) is 12.4. The third kappa shape index (κ3) is 2.35. The number of rotatable bonds is 3. The van der Waals surface area contributed by atoms with E-state index >= 15 is 0 Å². The summed E-state index contributed by atoms with van der Waals surface area (Å²) < 4.78 is 13.9. The van der Waals surface area contributed by atoms with Crippen LogP contribution in [-0.4, -0.2) is 35.1 Å². The predicted molar refractivity (Wildman–Crippen MR) is 78.9 cm³/mol. The number of carboxylic acid groups (broad SMARTS) is 1. The Bertz CT molecular complexity index is 554. The molecule has 3 rings (SSSR count). The highest BCUT2D eigenvalue weighted by molar-refractivity contribution is 5.82. The lowest BCUT2D eigenvalue weighted by Gasteiger charge is -2.29. The molecule has 2 atom stereocenters. The van der Waals surface area contributed by atoms with Gasteiger partial charge in [0.2, 0.25) is 0 Å². The first-order chi connectivity index (χ1) is 10.0. The third-order valence-electron chi connectivity index (χ3n) is 5.34. The van der Waals surface area contributed by atoms with E-state index in [1.54, 1.807) is 19.1 Å². The predicted octanol–water partition coefficient (Wildman–Crippen LogP) is 3.10. The average Bonchev–Trinajstić information content (AvgIpc) is 3.10. The quantitative estimate of drug-likeness (QED) is 0.930. The number of hydrogen-bond acceptors (Lipinski definition) is 2. The van der Waals surface area contributed by atoms with Crippen LogP contribution in [-0.2, 0) is 10.2 Å². The van der Waals surface area contributed by atoms with E-state index in [-0.39, 0.29) is 5.82 Å². The minimum absolute atomic E-state index is 0.308. The second-order valence-corrected chi connectivity index (χ2v) is 6.44. The summed E-state index contributed by atoms with van der Waals surface area (Å²) >= 11 is 0. The largest absolute Gasteiger partial charge is 0.481 e. The van der Waals surface area contributed by atoms with E-state index in [4.69, 9.17) is 0 Å². The van der Waals surface area contributed by atoms with Crippen LogP contribution in [0.3, 0.4) is 0 Å².